The third kappa shape index (κ3) is 6.83. The van der Waals surface area contributed by atoms with Crippen molar-refractivity contribution in [3.8, 4) is 11.5 Å². The first kappa shape index (κ1) is 23.8. The van der Waals surface area contributed by atoms with Crippen LogP contribution in [0.4, 0.5) is 29.3 Å². The molecule has 0 aliphatic heterocycles. The van der Waals surface area contributed by atoms with Gasteiger partial charge in [0.1, 0.15) is 11.9 Å². The largest absolute Gasteiger partial charge is 0.444 e. The van der Waals surface area contributed by atoms with Crippen LogP contribution in [0.1, 0.15) is 32.0 Å². The van der Waals surface area contributed by atoms with Crippen molar-refractivity contribution >= 4 is 23.4 Å². The zero-order valence-corrected chi connectivity index (χ0v) is 18.1. The molecule has 0 saturated carbocycles. The smallest absolute Gasteiger partial charge is 0.416 e. The van der Waals surface area contributed by atoms with E-state index in [0.29, 0.717) is 17.1 Å². The Morgan fingerprint density at radius 3 is 2.33 bits per heavy atom. The fourth-order valence-electron chi connectivity index (χ4n) is 2.81. The molecule has 0 radical (unpaired) electrons. The molecule has 174 valence electrons. The lowest BCUT2D eigenvalue weighted by Gasteiger charge is -2.21. The number of benzene rings is 2. The predicted octanol–water partition coefficient (Wildman–Crippen LogP) is 5.89. The van der Waals surface area contributed by atoms with Gasteiger partial charge in [0.15, 0.2) is 0 Å². The number of amides is 2. The molecule has 0 aliphatic carbocycles. The predicted molar refractivity (Wildman–Crippen MR) is 116 cm³/mol. The van der Waals surface area contributed by atoms with Crippen LogP contribution < -0.4 is 10.6 Å². The second kappa shape index (κ2) is 9.35. The van der Waals surface area contributed by atoms with Crippen molar-refractivity contribution < 1.29 is 31.9 Å². The highest BCUT2D eigenvalue weighted by atomic mass is 19.4. The van der Waals surface area contributed by atoms with Gasteiger partial charge < -0.3 is 14.5 Å². The summed E-state index contributed by atoms with van der Waals surface area (Å²) in [5.41, 5.74) is -1.07. The molecule has 7 nitrogen and oxygen atoms in total. The van der Waals surface area contributed by atoms with E-state index in [2.05, 4.69) is 15.6 Å². The quantitative estimate of drug-likeness (QED) is 0.494. The number of alkyl halides is 3. The normalized spacial score (nSPS) is 11.7. The van der Waals surface area contributed by atoms with Crippen molar-refractivity contribution in [3.63, 3.8) is 0 Å². The van der Waals surface area contributed by atoms with Crippen molar-refractivity contribution in [2.24, 2.45) is 0 Å². The van der Waals surface area contributed by atoms with Gasteiger partial charge in [-0.3, -0.25) is 10.1 Å². The maximum atomic E-state index is 13.2. The number of carbonyl (C=O) groups is 2. The molecule has 10 heteroatoms. The van der Waals surface area contributed by atoms with Crippen LogP contribution >= 0.6 is 0 Å². The molecule has 0 spiro atoms. The minimum atomic E-state index is -4.64. The average Bonchev–Trinajstić information content (AvgIpc) is 3.16. The maximum Gasteiger partial charge on any atom is 0.416 e. The number of hydrogen-bond donors (Lipinski definition) is 2. The molecular weight excluding hydrogens is 439 g/mol. The van der Waals surface area contributed by atoms with Crippen LogP contribution in [0.25, 0.3) is 11.5 Å². The summed E-state index contributed by atoms with van der Waals surface area (Å²) in [7, 11) is 0. The van der Waals surface area contributed by atoms with Crippen LogP contribution in [0, 0.1) is 0 Å². The van der Waals surface area contributed by atoms with E-state index in [1.54, 1.807) is 45.0 Å². The molecule has 0 bridgehead atoms. The highest BCUT2D eigenvalue weighted by Gasteiger charge is 2.31. The maximum absolute atomic E-state index is 13.2. The summed E-state index contributed by atoms with van der Waals surface area (Å²) >= 11 is 0. The number of nitrogens with zero attached hydrogens (tertiary/aromatic N) is 1. The van der Waals surface area contributed by atoms with Crippen LogP contribution in [0.3, 0.4) is 0 Å². The first-order valence-corrected chi connectivity index (χ1v) is 9.91. The van der Waals surface area contributed by atoms with Crippen molar-refractivity contribution in [1.82, 2.24) is 4.98 Å². The number of halogens is 3. The molecule has 3 aromatic rings. The standard InChI is InChI=1S/C23H22F3N3O4/c1-22(2,3)33-21(31)29-17-10-9-15(23(24,25)26)11-18(17)28-19(30)12-16-13-32-20(27-16)14-7-5-4-6-8-14/h4-11,13H,12H2,1-3H3,(H,28,30)(H,29,31). The lowest BCUT2D eigenvalue weighted by atomic mass is 10.1. The SMILES string of the molecule is CC(C)(C)OC(=O)Nc1ccc(C(F)(F)F)cc1NC(=O)Cc1coc(-c2ccccc2)n1. The second-order valence-corrected chi connectivity index (χ2v) is 8.12. The van der Waals surface area contributed by atoms with Crippen LogP contribution in [0.5, 0.6) is 0 Å². The van der Waals surface area contributed by atoms with Gasteiger partial charge in [0, 0.05) is 5.56 Å². The van der Waals surface area contributed by atoms with Gasteiger partial charge in [-0.25, -0.2) is 9.78 Å². The summed E-state index contributed by atoms with van der Waals surface area (Å²) in [6, 6.07) is 11.6. The molecule has 0 aliphatic rings. The number of anilines is 2. The molecule has 2 N–H and O–H groups in total. The monoisotopic (exact) mass is 461 g/mol. The van der Waals surface area contributed by atoms with E-state index in [4.69, 9.17) is 9.15 Å². The van der Waals surface area contributed by atoms with E-state index in [9.17, 15) is 22.8 Å². The first-order valence-electron chi connectivity index (χ1n) is 9.91. The number of ether oxygens (including phenoxy) is 1. The Morgan fingerprint density at radius 1 is 1.00 bits per heavy atom. The Hall–Kier alpha value is -3.82. The van der Waals surface area contributed by atoms with Gasteiger partial charge >= 0.3 is 12.3 Å². The van der Waals surface area contributed by atoms with E-state index in [-0.39, 0.29) is 17.8 Å². The third-order valence-corrected chi connectivity index (χ3v) is 4.17. The van der Waals surface area contributed by atoms with Gasteiger partial charge in [-0.05, 0) is 51.1 Å². The number of rotatable bonds is 5. The van der Waals surface area contributed by atoms with Crippen molar-refractivity contribution in [2.75, 3.05) is 10.6 Å². The Labute approximate surface area is 188 Å². The van der Waals surface area contributed by atoms with Gasteiger partial charge in [0.05, 0.1) is 29.1 Å². The van der Waals surface area contributed by atoms with Gasteiger partial charge in [-0.2, -0.15) is 13.2 Å². The summed E-state index contributed by atoms with van der Waals surface area (Å²) in [6.45, 7) is 4.93. The molecular formula is C23H22F3N3O4. The fraction of sp³-hybridized carbons (Fsp3) is 0.261. The Morgan fingerprint density at radius 2 is 1.70 bits per heavy atom. The first-order chi connectivity index (χ1) is 15.4. The number of carbonyl (C=O) groups excluding carboxylic acids is 2. The number of nitrogens with one attached hydrogen (secondary N) is 2. The minimum absolute atomic E-state index is 0.0456. The fourth-order valence-corrected chi connectivity index (χ4v) is 2.81. The number of hydrogen-bond acceptors (Lipinski definition) is 5. The van der Waals surface area contributed by atoms with Crippen LogP contribution in [-0.4, -0.2) is 22.6 Å². The van der Waals surface area contributed by atoms with Gasteiger partial charge in [-0.1, -0.05) is 18.2 Å². The third-order valence-electron chi connectivity index (χ3n) is 4.17. The molecule has 2 amide bonds. The molecule has 3 rings (SSSR count). The number of aromatic nitrogens is 1. The topological polar surface area (TPSA) is 93.5 Å². The van der Waals surface area contributed by atoms with E-state index >= 15 is 0 Å². The summed E-state index contributed by atoms with van der Waals surface area (Å²) in [5.74, 6) is -0.334. The van der Waals surface area contributed by atoms with Crippen LogP contribution in [0.2, 0.25) is 0 Å². The number of oxazole rings is 1. The van der Waals surface area contributed by atoms with E-state index < -0.39 is 29.3 Å². The van der Waals surface area contributed by atoms with Crippen LogP contribution in [0.15, 0.2) is 59.2 Å². The van der Waals surface area contributed by atoms with E-state index in [0.717, 1.165) is 18.2 Å². The summed E-state index contributed by atoms with van der Waals surface area (Å²) < 4.78 is 50.1. The Kier molecular flexibility index (Phi) is 6.75. The highest BCUT2D eigenvalue weighted by Crippen LogP contribution is 2.34. The lowest BCUT2D eigenvalue weighted by molar-refractivity contribution is -0.137. The van der Waals surface area contributed by atoms with Crippen molar-refractivity contribution in [3.05, 3.63) is 66.1 Å². The summed E-state index contributed by atoms with van der Waals surface area (Å²) in [6.07, 6.45) is -4.46. The Balaban J connectivity index is 1.78. The molecule has 0 unspecified atom stereocenters. The van der Waals surface area contributed by atoms with Crippen LogP contribution in [-0.2, 0) is 22.1 Å². The molecule has 1 aromatic heterocycles. The molecule has 0 fully saturated rings. The van der Waals surface area contributed by atoms with Gasteiger partial charge in [0.2, 0.25) is 11.8 Å². The molecule has 0 saturated heterocycles. The van der Waals surface area contributed by atoms with E-state index in [1.165, 1.54) is 6.26 Å². The summed E-state index contributed by atoms with van der Waals surface area (Å²) in [5, 5.41) is 4.76. The van der Waals surface area contributed by atoms with Crippen molar-refractivity contribution in [1.29, 1.82) is 0 Å². The zero-order valence-electron chi connectivity index (χ0n) is 18.1. The minimum Gasteiger partial charge on any atom is -0.444 e. The van der Waals surface area contributed by atoms with Gasteiger partial charge in [0.25, 0.3) is 0 Å². The molecule has 33 heavy (non-hydrogen) atoms. The lowest BCUT2D eigenvalue weighted by Crippen LogP contribution is -2.27. The molecule has 0 atom stereocenters. The highest BCUT2D eigenvalue weighted by molar-refractivity contribution is 5.98. The molecule has 1 heterocycles. The summed E-state index contributed by atoms with van der Waals surface area (Å²) in [4.78, 5) is 28.9. The average molecular weight is 461 g/mol. The van der Waals surface area contributed by atoms with Crippen molar-refractivity contribution in [2.45, 2.75) is 39.0 Å². The second-order valence-electron chi connectivity index (χ2n) is 8.12. The Bertz CT molecular complexity index is 1140. The van der Waals surface area contributed by atoms with E-state index in [1.807, 2.05) is 6.07 Å². The molecule has 2 aromatic carbocycles. The van der Waals surface area contributed by atoms with Gasteiger partial charge in [-0.15, -0.1) is 0 Å². The zero-order chi connectivity index (χ0) is 24.2.